The SMILES string of the molecule is C#CCNCc1cn(C)c(=O)n(C)c1=O. The minimum Gasteiger partial charge on any atom is -0.303 e. The van der Waals surface area contributed by atoms with Crippen molar-refractivity contribution in [1.82, 2.24) is 14.5 Å². The maximum atomic E-state index is 11.6. The molecule has 0 bridgehead atoms. The van der Waals surface area contributed by atoms with Crippen molar-refractivity contribution in [2.75, 3.05) is 6.54 Å². The topological polar surface area (TPSA) is 56.0 Å². The predicted octanol–water partition coefficient (Wildman–Crippen LogP) is -1.19. The van der Waals surface area contributed by atoms with Gasteiger partial charge in [-0.15, -0.1) is 6.42 Å². The number of hydrogen-bond donors (Lipinski definition) is 1. The van der Waals surface area contributed by atoms with E-state index in [0.29, 0.717) is 18.7 Å². The fourth-order valence-electron chi connectivity index (χ4n) is 1.27. The molecule has 0 unspecified atom stereocenters. The summed E-state index contributed by atoms with van der Waals surface area (Å²) in [6.07, 6.45) is 6.59. The molecule has 0 saturated heterocycles. The first kappa shape index (κ1) is 11.3. The van der Waals surface area contributed by atoms with Gasteiger partial charge in [-0.25, -0.2) is 4.79 Å². The second kappa shape index (κ2) is 4.62. The van der Waals surface area contributed by atoms with Crippen molar-refractivity contribution >= 4 is 0 Å². The molecule has 0 amide bonds. The van der Waals surface area contributed by atoms with Gasteiger partial charge in [-0.1, -0.05) is 5.92 Å². The number of rotatable bonds is 3. The normalized spacial score (nSPS) is 9.93. The van der Waals surface area contributed by atoms with E-state index < -0.39 is 0 Å². The zero-order valence-electron chi connectivity index (χ0n) is 8.78. The summed E-state index contributed by atoms with van der Waals surface area (Å²) in [6, 6.07) is 0. The van der Waals surface area contributed by atoms with Crippen LogP contribution in [-0.2, 0) is 20.6 Å². The summed E-state index contributed by atoms with van der Waals surface area (Å²) in [5, 5.41) is 2.90. The average Bonchev–Trinajstić information content (AvgIpc) is 2.23. The fraction of sp³-hybridized carbons (Fsp3) is 0.400. The van der Waals surface area contributed by atoms with Gasteiger partial charge in [-0.2, -0.15) is 0 Å². The van der Waals surface area contributed by atoms with Crippen molar-refractivity contribution in [2.24, 2.45) is 14.1 Å². The van der Waals surface area contributed by atoms with Crippen LogP contribution < -0.4 is 16.6 Å². The first-order valence-corrected chi connectivity index (χ1v) is 4.47. The molecule has 1 aromatic heterocycles. The highest BCUT2D eigenvalue weighted by Gasteiger charge is 2.05. The van der Waals surface area contributed by atoms with Crippen LogP contribution in [0.1, 0.15) is 5.56 Å². The lowest BCUT2D eigenvalue weighted by Gasteiger charge is -2.06. The Morgan fingerprint density at radius 1 is 1.47 bits per heavy atom. The molecule has 1 heterocycles. The third-order valence-corrected chi connectivity index (χ3v) is 2.06. The molecule has 80 valence electrons. The van der Waals surface area contributed by atoms with Gasteiger partial charge < -0.3 is 9.88 Å². The average molecular weight is 207 g/mol. The Bertz CT molecular complexity index is 505. The van der Waals surface area contributed by atoms with E-state index in [9.17, 15) is 9.59 Å². The van der Waals surface area contributed by atoms with Gasteiger partial charge in [0.05, 0.1) is 6.54 Å². The maximum absolute atomic E-state index is 11.6. The van der Waals surface area contributed by atoms with Crippen molar-refractivity contribution in [3.8, 4) is 12.3 Å². The van der Waals surface area contributed by atoms with E-state index in [2.05, 4.69) is 11.2 Å². The Morgan fingerprint density at radius 2 is 2.13 bits per heavy atom. The molecule has 0 atom stereocenters. The Balaban J connectivity index is 3.06. The molecular formula is C10H13N3O2. The van der Waals surface area contributed by atoms with Gasteiger partial charge in [0.25, 0.3) is 5.56 Å². The Hall–Kier alpha value is -1.80. The third kappa shape index (κ3) is 2.36. The Morgan fingerprint density at radius 3 is 2.73 bits per heavy atom. The molecule has 1 aromatic rings. The lowest BCUT2D eigenvalue weighted by atomic mass is 10.3. The number of hydrogen-bond acceptors (Lipinski definition) is 3. The Labute approximate surface area is 87.4 Å². The molecular weight excluding hydrogens is 194 g/mol. The van der Waals surface area contributed by atoms with Gasteiger partial charge in [0.1, 0.15) is 0 Å². The molecule has 0 aliphatic carbocycles. The fourth-order valence-corrected chi connectivity index (χ4v) is 1.27. The quantitative estimate of drug-likeness (QED) is 0.500. The van der Waals surface area contributed by atoms with E-state index in [1.54, 1.807) is 7.05 Å². The molecule has 0 aliphatic rings. The maximum Gasteiger partial charge on any atom is 0.330 e. The summed E-state index contributed by atoms with van der Waals surface area (Å²) >= 11 is 0. The summed E-state index contributed by atoms with van der Waals surface area (Å²) < 4.78 is 2.45. The number of aryl methyl sites for hydroxylation is 1. The van der Waals surface area contributed by atoms with Crippen LogP contribution in [0.15, 0.2) is 15.8 Å². The van der Waals surface area contributed by atoms with Crippen LogP contribution in [0.3, 0.4) is 0 Å². The summed E-state index contributed by atoms with van der Waals surface area (Å²) in [7, 11) is 3.06. The predicted molar refractivity (Wildman–Crippen MR) is 57.5 cm³/mol. The lowest BCUT2D eigenvalue weighted by molar-refractivity contribution is 0.649. The summed E-state index contributed by atoms with van der Waals surface area (Å²) in [5.41, 5.74) is -0.0989. The lowest BCUT2D eigenvalue weighted by Crippen LogP contribution is -2.39. The van der Waals surface area contributed by atoms with Gasteiger partial charge >= 0.3 is 5.69 Å². The van der Waals surface area contributed by atoms with Crippen LogP contribution in [-0.4, -0.2) is 15.7 Å². The van der Waals surface area contributed by atoms with E-state index in [1.165, 1.54) is 17.8 Å². The van der Waals surface area contributed by atoms with Crippen molar-refractivity contribution < 1.29 is 0 Å². The number of terminal acetylenes is 1. The Kier molecular flexibility index (Phi) is 3.47. The molecule has 0 saturated carbocycles. The number of aromatic nitrogens is 2. The van der Waals surface area contributed by atoms with Crippen LogP contribution in [0.2, 0.25) is 0 Å². The van der Waals surface area contributed by atoms with Crippen LogP contribution in [0.25, 0.3) is 0 Å². The monoisotopic (exact) mass is 207 g/mol. The van der Waals surface area contributed by atoms with Gasteiger partial charge in [-0.05, 0) is 0 Å². The molecule has 1 N–H and O–H groups in total. The highest BCUT2D eigenvalue weighted by molar-refractivity contribution is 5.05. The molecule has 0 radical (unpaired) electrons. The van der Waals surface area contributed by atoms with E-state index in [-0.39, 0.29) is 11.2 Å². The number of nitrogens with zero attached hydrogens (tertiary/aromatic N) is 2. The van der Waals surface area contributed by atoms with Crippen LogP contribution in [0.5, 0.6) is 0 Å². The zero-order chi connectivity index (χ0) is 11.4. The van der Waals surface area contributed by atoms with Crippen molar-refractivity contribution in [2.45, 2.75) is 6.54 Å². The minimum absolute atomic E-state index is 0.289. The van der Waals surface area contributed by atoms with E-state index in [0.717, 1.165) is 4.57 Å². The van der Waals surface area contributed by atoms with Crippen molar-refractivity contribution in [3.05, 3.63) is 32.6 Å². The van der Waals surface area contributed by atoms with Crippen LogP contribution in [0, 0.1) is 12.3 Å². The zero-order valence-corrected chi connectivity index (χ0v) is 8.78. The van der Waals surface area contributed by atoms with E-state index >= 15 is 0 Å². The minimum atomic E-state index is -0.333. The molecule has 1 rings (SSSR count). The third-order valence-electron chi connectivity index (χ3n) is 2.06. The summed E-state index contributed by atoms with van der Waals surface area (Å²) in [4.78, 5) is 22.9. The summed E-state index contributed by atoms with van der Waals surface area (Å²) in [5.74, 6) is 2.41. The van der Waals surface area contributed by atoms with Gasteiger partial charge in [0, 0.05) is 32.4 Å². The molecule has 5 nitrogen and oxygen atoms in total. The van der Waals surface area contributed by atoms with Gasteiger partial charge in [0.15, 0.2) is 0 Å². The van der Waals surface area contributed by atoms with Crippen molar-refractivity contribution in [3.63, 3.8) is 0 Å². The molecule has 5 heteroatoms. The van der Waals surface area contributed by atoms with Gasteiger partial charge in [0.2, 0.25) is 0 Å². The molecule has 0 spiro atoms. The highest BCUT2D eigenvalue weighted by atomic mass is 16.2. The molecule has 15 heavy (non-hydrogen) atoms. The van der Waals surface area contributed by atoms with Crippen LogP contribution >= 0.6 is 0 Å². The van der Waals surface area contributed by atoms with Crippen LogP contribution in [0.4, 0.5) is 0 Å². The first-order chi connectivity index (χ1) is 7.07. The first-order valence-electron chi connectivity index (χ1n) is 4.47. The van der Waals surface area contributed by atoms with E-state index in [1.807, 2.05) is 0 Å². The molecule has 0 aromatic carbocycles. The van der Waals surface area contributed by atoms with E-state index in [4.69, 9.17) is 6.42 Å². The smallest absolute Gasteiger partial charge is 0.303 e. The standard InChI is InChI=1S/C10H13N3O2/c1-4-5-11-6-8-7-12(2)10(15)13(3)9(8)14/h1,7,11H,5-6H2,2-3H3. The second-order valence-corrected chi connectivity index (χ2v) is 3.22. The second-order valence-electron chi connectivity index (χ2n) is 3.22. The molecule has 0 aliphatic heterocycles. The number of nitrogens with one attached hydrogen (secondary N) is 1. The van der Waals surface area contributed by atoms with Gasteiger partial charge in [-0.3, -0.25) is 9.36 Å². The van der Waals surface area contributed by atoms with Crippen molar-refractivity contribution in [1.29, 1.82) is 0 Å². The highest BCUT2D eigenvalue weighted by Crippen LogP contribution is 1.86. The molecule has 0 fully saturated rings. The summed E-state index contributed by atoms with van der Waals surface area (Å²) in [6.45, 7) is 0.761. The largest absolute Gasteiger partial charge is 0.330 e.